The van der Waals surface area contributed by atoms with E-state index in [4.69, 9.17) is 9.15 Å². The fraction of sp³-hybridized carbons (Fsp3) is 0.333. The van der Waals surface area contributed by atoms with Gasteiger partial charge >= 0.3 is 5.97 Å². The van der Waals surface area contributed by atoms with E-state index in [2.05, 4.69) is 11.4 Å². The first-order valence-corrected chi connectivity index (χ1v) is 9.79. The zero-order valence-corrected chi connectivity index (χ0v) is 16.3. The maximum atomic E-state index is 13.2. The topological polar surface area (TPSA) is 68.5 Å². The number of hydrogen-bond acceptors (Lipinski definition) is 6. The van der Waals surface area contributed by atoms with Gasteiger partial charge in [-0.25, -0.2) is 4.79 Å². The second-order valence-electron chi connectivity index (χ2n) is 6.97. The van der Waals surface area contributed by atoms with Crippen LogP contribution >= 0.6 is 11.3 Å². The fourth-order valence-corrected chi connectivity index (χ4v) is 4.87. The van der Waals surface area contributed by atoms with Crippen LogP contribution in [0.15, 0.2) is 56.6 Å². The minimum Gasteiger partial charge on any atom is -0.466 e. The van der Waals surface area contributed by atoms with Crippen molar-refractivity contribution in [3.05, 3.63) is 68.6 Å². The average Bonchev–Trinajstić information content (AvgIpc) is 3.31. The number of methoxy groups -OCH3 is 1. The Morgan fingerprint density at radius 1 is 1.26 bits per heavy atom. The summed E-state index contributed by atoms with van der Waals surface area (Å²) in [5.74, 6) is 0.583. The molecule has 0 unspecified atom stereocenters. The highest BCUT2D eigenvalue weighted by molar-refractivity contribution is 7.10. The van der Waals surface area contributed by atoms with Crippen LogP contribution in [-0.4, -0.2) is 18.9 Å². The lowest BCUT2D eigenvalue weighted by Gasteiger charge is -2.35. The molecule has 27 heavy (non-hydrogen) atoms. The van der Waals surface area contributed by atoms with Crippen LogP contribution in [0, 0.1) is 6.92 Å². The summed E-state index contributed by atoms with van der Waals surface area (Å²) in [6.07, 6.45) is 1.17. The van der Waals surface area contributed by atoms with Gasteiger partial charge in [0.05, 0.1) is 18.6 Å². The summed E-state index contributed by atoms with van der Waals surface area (Å²) in [5.41, 5.74) is 2.66. The SMILES string of the molecule is COC(=O)C1=C(C)NC2=C(C(=O)C[C@@H](c3cccs3)C2)[C@@H]1c1ccc(C)o1. The number of nitrogens with one attached hydrogen (secondary N) is 1. The number of Topliss-reactive ketones (excluding diaryl/α,β-unsaturated/α-hetero) is 1. The highest BCUT2D eigenvalue weighted by Crippen LogP contribution is 2.46. The van der Waals surface area contributed by atoms with Crippen LogP contribution in [0.25, 0.3) is 0 Å². The van der Waals surface area contributed by atoms with Crippen LogP contribution in [0.5, 0.6) is 0 Å². The maximum absolute atomic E-state index is 13.2. The Morgan fingerprint density at radius 2 is 2.07 bits per heavy atom. The second-order valence-corrected chi connectivity index (χ2v) is 7.95. The van der Waals surface area contributed by atoms with Gasteiger partial charge in [-0.05, 0) is 43.8 Å². The number of aryl methyl sites for hydroxylation is 1. The van der Waals surface area contributed by atoms with E-state index in [0.717, 1.165) is 17.9 Å². The van der Waals surface area contributed by atoms with Crippen molar-refractivity contribution >= 4 is 23.1 Å². The molecule has 2 aromatic rings. The molecule has 2 atom stereocenters. The Morgan fingerprint density at radius 3 is 2.70 bits per heavy atom. The summed E-state index contributed by atoms with van der Waals surface area (Å²) >= 11 is 1.67. The van der Waals surface area contributed by atoms with E-state index < -0.39 is 11.9 Å². The number of ether oxygens (including phenoxy) is 1. The minimum atomic E-state index is -0.529. The third kappa shape index (κ3) is 3.04. The smallest absolute Gasteiger partial charge is 0.336 e. The zero-order valence-electron chi connectivity index (χ0n) is 15.5. The van der Waals surface area contributed by atoms with Gasteiger partial charge in [0.25, 0.3) is 0 Å². The van der Waals surface area contributed by atoms with Crippen molar-refractivity contribution < 1.29 is 18.7 Å². The number of thiophene rings is 1. The van der Waals surface area contributed by atoms with Crippen LogP contribution in [0.1, 0.15) is 48.0 Å². The van der Waals surface area contributed by atoms with Gasteiger partial charge in [-0.15, -0.1) is 11.3 Å². The summed E-state index contributed by atoms with van der Waals surface area (Å²) in [4.78, 5) is 26.9. The lowest BCUT2D eigenvalue weighted by Crippen LogP contribution is -2.35. The first-order valence-electron chi connectivity index (χ1n) is 8.91. The first-order chi connectivity index (χ1) is 13.0. The molecule has 2 aliphatic rings. The van der Waals surface area contributed by atoms with E-state index in [1.54, 1.807) is 11.3 Å². The molecule has 6 heteroatoms. The number of carbonyl (C=O) groups is 2. The van der Waals surface area contributed by atoms with Crippen molar-refractivity contribution in [2.45, 2.75) is 38.5 Å². The standard InChI is InChI=1S/C21H21NO4S/c1-11-6-7-16(26-11)20-18(21(24)25-3)12(2)22-14-9-13(10-15(23)19(14)20)17-5-4-8-27-17/h4-8,13,20,22H,9-10H2,1-3H3/t13-,20+/m0/s1. The molecule has 1 aliphatic heterocycles. The number of dihydropyridines is 1. The van der Waals surface area contributed by atoms with Crippen molar-refractivity contribution in [2.75, 3.05) is 7.11 Å². The average molecular weight is 383 g/mol. The molecule has 0 radical (unpaired) electrons. The van der Waals surface area contributed by atoms with Gasteiger partial charge in [-0.2, -0.15) is 0 Å². The molecule has 0 spiro atoms. The predicted molar refractivity (Wildman–Crippen MR) is 102 cm³/mol. The van der Waals surface area contributed by atoms with E-state index in [-0.39, 0.29) is 11.7 Å². The maximum Gasteiger partial charge on any atom is 0.336 e. The molecule has 1 aliphatic carbocycles. The van der Waals surface area contributed by atoms with E-state index in [1.807, 2.05) is 37.4 Å². The Kier molecular flexibility index (Phi) is 4.52. The zero-order chi connectivity index (χ0) is 19.1. The van der Waals surface area contributed by atoms with Crippen LogP contribution < -0.4 is 5.32 Å². The predicted octanol–water partition coefficient (Wildman–Crippen LogP) is 4.18. The number of ketones is 1. The van der Waals surface area contributed by atoms with Gasteiger partial charge in [0.1, 0.15) is 11.5 Å². The van der Waals surface area contributed by atoms with Crippen molar-refractivity contribution in [2.24, 2.45) is 0 Å². The molecule has 0 amide bonds. The third-order valence-electron chi connectivity index (χ3n) is 5.22. The van der Waals surface area contributed by atoms with E-state index in [0.29, 0.717) is 29.0 Å². The number of furan rings is 1. The van der Waals surface area contributed by atoms with Crippen molar-refractivity contribution in [1.29, 1.82) is 0 Å². The van der Waals surface area contributed by atoms with Gasteiger partial charge in [0.2, 0.25) is 0 Å². The quantitative estimate of drug-likeness (QED) is 0.805. The third-order valence-corrected chi connectivity index (χ3v) is 6.26. The van der Waals surface area contributed by atoms with E-state index in [9.17, 15) is 9.59 Å². The van der Waals surface area contributed by atoms with E-state index in [1.165, 1.54) is 12.0 Å². The monoisotopic (exact) mass is 383 g/mol. The Labute approximate surface area is 161 Å². The van der Waals surface area contributed by atoms with Crippen molar-refractivity contribution in [1.82, 2.24) is 5.32 Å². The molecular weight excluding hydrogens is 362 g/mol. The number of carbonyl (C=O) groups excluding carboxylic acids is 2. The number of hydrogen-bond donors (Lipinski definition) is 1. The molecule has 140 valence electrons. The molecule has 3 heterocycles. The summed E-state index contributed by atoms with van der Waals surface area (Å²) < 4.78 is 10.8. The van der Waals surface area contributed by atoms with Gasteiger partial charge < -0.3 is 14.5 Å². The molecule has 0 saturated heterocycles. The van der Waals surface area contributed by atoms with Crippen molar-refractivity contribution in [3.63, 3.8) is 0 Å². The molecular formula is C21H21NO4S. The van der Waals surface area contributed by atoms with Crippen molar-refractivity contribution in [3.8, 4) is 0 Å². The minimum absolute atomic E-state index is 0.0510. The summed E-state index contributed by atoms with van der Waals surface area (Å²) in [5, 5.41) is 5.35. The van der Waals surface area contributed by atoms with E-state index >= 15 is 0 Å². The van der Waals surface area contributed by atoms with Crippen LogP contribution in [-0.2, 0) is 14.3 Å². The lowest BCUT2D eigenvalue weighted by atomic mass is 9.74. The molecule has 0 aromatic carbocycles. The molecule has 0 bridgehead atoms. The molecule has 2 aromatic heterocycles. The van der Waals surface area contributed by atoms with Gasteiger partial charge in [0.15, 0.2) is 5.78 Å². The van der Waals surface area contributed by atoms with Crippen LogP contribution in [0.3, 0.4) is 0 Å². The molecule has 5 nitrogen and oxygen atoms in total. The Hall–Kier alpha value is -2.60. The van der Waals surface area contributed by atoms with Gasteiger partial charge in [-0.1, -0.05) is 6.07 Å². The van der Waals surface area contributed by atoms with Gasteiger partial charge in [-0.3, -0.25) is 4.79 Å². The molecule has 4 rings (SSSR count). The fourth-order valence-electron chi connectivity index (χ4n) is 4.04. The number of esters is 1. The number of allylic oxidation sites excluding steroid dienone is 3. The van der Waals surface area contributed by atoms with Gasteiger partial charge in [0, 0.05) is 34.2 Å². The molecule has 0 saturated carbocycles. The van der Waals surface area contributed by atoms with Crippen LogP contribution in [0.4, 0.5) is 0 Å². The Bertz CT molecular complexity index is 964. The normalized spacial score (nSPS) is 22.6. The lowest BCUT2D eigenvalue weighted by molar-refractivity contribution is -0.136. The highest BCUT2D eigenvalue weighted by atomic mass is 32.1. The summed E-state index contributed by atoms with van der Waals surface area (Å²) in [6, 6.07) is 7.78. The summed E-state index contributed by atoms with van der Waals surface area (Å²) in [6.45, 7) is 3.70. The largest absolute Gasteiger partial charge is 0.466 e. The number of rotatable bonds is 3. The molecule has 0 fully saturated rings. The first kappa shape index (κ1) is 17.8. The Balaban J connectivity index is 1.81. The molecule has 1 N–H and O–H groups in total. The summed E-state index contributed by atoms with van der Waals surface area (Å²) in [7, 11) is 1.35. The highest BCUT2D eigenvalue weighted by Gasteiger charge is 2.42. The van der Waals surface area contributed by atoms with Crippen LogP contribution in [0.2, 0.25) is 0 Å². The second kappa shape index (κ2) is 6.85.